The van der Waals surface area contributed by atoms with Crippen molar-refractivity contribution in [3.63, 3.8) is 0 Å². The molecule has 0 saturated carbocycles. The minimum absolute atomic E-state index is 0.0148. The van der Waals surface area contributed by atoms with E-state index in [0.717, 1.165) is 30.0 Å². The molecule has 26 heavy (non-hydrogen) atoms. The number of rotatable bonds is 11. The molecule has 0 saturated heterocycles. The first-order valence-electron chi connectivity index (χ1n) is 9.39. The number of anilines is 1. The lowest BCUT2D eigenvalue weighted by Gasteiger charge is -2.09. The van der Waals surface area contributed by atoms with E-state index in [1.54, 1.807) is 0 Å². The largest absolute Gasteiger partial charge is 0.494 e. The first-order valence-corrected chi connectivity index (χ1v) is 9.39. The Morgan fingerprint density at radius 3 is 2.15 bits per heavy atom. The molecule has 0 radical (unpaired) electrons. The molecule has 0 unspecified atom stereocenters. The minimum atomic E-state index is -0.185. The highest BCUT2D eigenvalue weighted by molar-refractivity contribution is 5.91. The zero-order chi connectivity index (χ0) is 18.6. The van der Waals surface area contributed by atoms with Gasteiger partial charge in [0, 0.05) is 5.69 Å². The number of amides is 1. The fourth-order valence-corrected chi connectivity index (χ4v) is 2.51. The van der Waals surface area contributed by atoms with E-state index in [-0.39, 0.29) is 12.5 Å². The minimum Gasteiger partial charge on any atom is -0.494 e. The number of ether oxygens (including phenoxy) is 2. The second kappa shape index (κ2) is 11.2. The van der Waals surface area contributed by atoms with Gasteiger partial charge in [-0.2, -0.15) is 0 Å². The molecule has 0 spiro atoms. The van der Waals surface area contributed by atoms with Gasteiger partial charge in [0.25, 0.3) is 5.91 Å². The maximum Gasteiger partial charge on any atom is 0.262 e. The highest BCUT2D eigenvalue weighted by Gasteiger charge is 2.04. The Balaban J connectivity index is 1.67. The molecule has 1 N–H and O–H groups in total. The lowest BCUT2D eigenvalue weighted by atomic mass is 10.2. The summed E-state index contributed by atoms with van der Waals surface area (Å²) in [7, 11) is 0. The predicted molar refractivity (Wildman–Crippen MR) is 106 cm³/mol. The Hall–Kier alpha value is -2.49. The zero-order valence-electron chi connectivity index (χ0n) is 15.8. The first-order chi connectivity index (χ1) is 12.7. The van der Waals surface area contributed by atoms with Crippen molar-refractivity contribution in [1.82, 2.24) is 0 Å². The molecular formula is C22H29NO3. The molecular weight excluding hydrogens is 326 g/mol. The van der Waals surface area contributed by atoms with Crippen molar-refractivity contribution in [2.75, 3.05) is 18.5 Å². The van der Waals surface area contributed by atoms with E-state index in [2.05, 4.69) is 12.2 Å². The molecule has 4 nitrogen and oxygen atoms in total. The lowest BCUT2D eigenvalue weighted by Crippen LogP contribution is -2.20. The van der Waals surface area contributed by atoms with Gasteiger partial charge in [0.15, 0.2) is 6.61 Å². The van der Waals surface area contributed by atoms with Crippen molar-refractivity contribution in [3.8, 4) is 11.5 Å². The second-order valence-corrected chi connectivity index (χ2v) is 6.44. The molecule has 0 aliphatic carbocycles. The van der Waals surface area contributed by atoms with Crippen LogP contribution in [-0.4, -0.2) is 19.1 Å². The van der Waals surface area contributed by atoms with Crippen molar-refractivity contribution < 1.29 is 14.3 Å². The van der Waals surface area contributed by atoms with Crippen LogP contribution in [0.25, 0.3) is 0 Å². The molecule has 0 atom stereocenters. The van der Waals surface area contributed by atoms with Crippen LogP contribution >= 0.6 is 0 Å². The molecule has 1 amide bonds. The van der Waals surface area contributed by atoms with Crippen molar-refractivity contribution >= 4 is 11.6 Å². The first kappa shape index (κ1) is 19.8. The molecule has 0 fully saturated rings. The van der Waals surface area contributed by atoms with Crippen molar-refractivity contribution in [1.29, 1.82) is 0 Å². The summed E-state index contributed by atoms with van der Waals surface area (Å²) in [6.45, 7) is 4.95. The average Bonchev–Trinajstić information content (AvgIpc) is 2.65. The number of unbranched alkanes of at least 4 members (excludes halogenated alkanes) is 4. The summed E-state index contributed by atoms with van der Waals surface area (Å²) < 4.78 is 11.2. The van der Waals surface area contributed by atoms with E-state index < -0.39 is 0 Å². The summed E-state index contributed by atoms with van der Waals surface area (Å²) in [5.74, 6) is 1.33. The molecule has 0 aliphatic rings. The van der Waals surface area contributed by atoms with E-state index in [1.807, 2.05) is 55.5 Å². The van der Waals surface area contributed by atoms with Crippen LogP contribution in [0.2, 0.25) is 0 Å². The van der Waals surface area contributed by atoms with Gasteiger partial charge in [-0.3, -0.25) is 4.79 Å². The molecule has 0 aliphatic heterocycles. The Morgan fingerprint density at radius 1 is 0.846 bits per heavy atom. The quantitative estimate of drug-likeness (QED) is 0.552. The monoisotopic (exact) mass is 355 g/mol. The van der Waals surface area contributed by atoms with E-state index >= 15 is 0 Å². The Morgan fingerprint density at radius 2 is 1.46 bits per heavy atom. The van der Waals surface area contributed by atoms with Crippen LogP contribution in [0, 0.1) is 6.92 Å². The van der Waals surface area contributed by atoms with Crippen LogP contribution in [0.5, 0.6) is 11.5 Å². The molecule has 2 aromatic carbocycles. The molecule has 2 rings (SSSR count). The van der Waals surface area contributed by atoms with Crippen molar-refractivity contribution in [2.24, 2.45) is 0 Å². The van der Waals surface area contributed by atoms with Gasteiger partial charge in [0.2, 0.25) is 0 Å². The lowest BCUT2D eigenvalue weighted by molar-refractivity contribution is -0.118. The Kier molecular flexibility index (Phi) is 8.53. The van der Waals surface area contributed by atoms with Crippen molar-refractivity contribution in [2.45, 2.75) is 46.0 Å². The fraction of sp³-hybridized carbons (Fsp3) is 0.409. The summed E-state index contributed by atoms with van der Waals surface area (Å²) >= 11 is 0. The normalized spacial score (nSPS) is 10.4. The summed E-state index contributed by atoms with van der Waals surface area (Å²) in [5.41, 5.74) is 1.89. The topological polar surface area (TPSA) is 47.6 Å². The summed E-state index contributed by atoms with van der Waals surface area (Å²) in [6, 6.07) is 15.1. The molecule has 0 heterocycles. The predicted octanol–water partition coefficient (Wildman–Crippen LogP) is 5.36. The molecule has 0 aromatic heterocycles. The SMILES string of the molecule is CCCCCCCOc1ccc(NC(=O)COc2ccc(C)cc2)cc1. The van der Waals surface area contributed by atoms with E-state index in [9.17, 15) is 4.79 Å². The summed E-state index contributed by atoms with van der Waals surface area (Å²) in [4.78, 5) is 12.0. The number of carbonyl (C=O) groups excluding carboxylic acids is 1. The molecule has 0 bridgehead atoms. The van der Waals surface area contributed by atoms with Gasteiger partial charge >= 0.3 is 0 Å². The summed E-state index contributed by atoms with van der Waals surface area (Å²) in [5, 5.41) is 2.82. The van der Waals surface area contributed by atoms with Gasteiger partial charge < -0.3 is 14.8 Å². The number of hydrogen-bond donors (Lipinski definition) is 1. The van der Waals surface area contributed by atoms with Crippen LogP contribution in [0.4, 0.5) is 5.69 Å². The fourth-order valence-electron chi connectivity index (χ4n) is 2.51. The molecule has 2 aromatic rings. The van der Waals surface area contributed by atoms with Gasteiger partial charge in [0.05, 0.1) is 6.61 Å². The third-order valence-corrected chi connectivity index (χ3v) is 4.05. The smallest absolute Gasteiger partial charge is 0.262 e. The maximum atomic E-state index is 12.0. The van der Waals surface area contributed by atoms with E-state index in [1.165, 1.54) is 25.7 Å². The number of aryl methyl sites for hydroxylation is 1. The third kappa shape index (κ3) is 7.60. The van der Waals surface area contributed by atoms with Gasteiger partial charge in [-0.25, -0.2) is 0 Å². The van der Waals surface area contributed by atoms with Crippen LogP contribution in [0.3, 0.4) is 0 Å². The van der Waals surface area contributed by atoms with Crippen LogP contribution < -0.4 is 14.8 Å². The standard InChI is InChI=1S/C22H29NO3/c1-3-4-5-6-7-16-25-20-14-10-19(11-15-20)23-22(24)17-26-21-12-8-18(2)9-13-21/h8-15H,3-7,16-17H2,1-2H3,(H,23,24). The molecule has 4 heteroatoms. The number of benzene rings is 2. The number of carbonyl (C=O) groups is 1. The third-order valence-electron chi connectivity index (χ3n) is 4.05. The Labute approximate surface area is 156 Å². The maximum absolute atomic E-state index is 12.0. The van der Waals surface area contributed by atoms with Gasteiger partial charge in [-0.1, -0.05) is 50.3 Å². The average molecular weight is 355 g/mol. The highest BCUT2D eigenvalue weighted by Crippen LogP contribution is 2.17. The summed E-state index contributed by atoms with van der Waals surface area (Å²) in [6.07, 6.45) is 6.11. The van der Waals surface area contributed by atoms with Crippen LogP contribution in [0.15, 0.2) is 48.5 Å². The van der Waals surface area contributed by atoms with Gasteiger partial charge in [0.1, 0.15) is 11.5 Å². The van der Waals surface area contributed by atoms with Gasteiger partial charge in [-0.05, 0) is 49.7 Å². The van der Waals surface area contributed by atoms with E-state index in [4.69, 9.17) is 9.47 Å². The Bertz CT molecular complexity index is 650. The van der Waals surface area contributed by atoms with E-state index in [0.29, 0.717) is 5.75 Å². The molecule has 140 valence electrons. The second-order valence-electron chi connectivity index (χ2n) is 6.44. The zero-order valence-corrected chi connectivity index (χ0v) is 15.8. The van der Waals surface area contributed by atoms with Gasteiger partial charge in [-0.15, -0.1) is 0 Å². The number of hydrogen-bond acceptors (Lipinski definition) is 3. The van der Waals surface area contributed by atoms with Crippen LogP contribution in [0.1, 0.15) is 44.6 Å². The number of nitrogens with one attached hydrogen (secondary N) is 1. The highest BCUT2D eigenvalue weighted by atomic mass is 16.5. The van der Waals surface area contributed by atoms with Crippen LogP contribution in [-0.2, 0) is 4.79 Å². The van der Waals surface area contributed by atoms with Crippen molar-refractivity contribution in [3.05, 3.63) is 54.1 Å².